The lowest BCUT2D eigenvalue weighted by Crippen LogP contribution is -2.48. The zero-order chi connectivity index (χ0) is 18.3. The largest absolute Gasteiger partial charge is 0.444 e. The second-order valence-corrected chi connectivity index (χ2v) is 7.29. The first-order valence-corrected chi connectivity index (χ1v) is 7.86. The van der Waals surface area contributed by atoms with Crippen LogP contribution >= 0.6 is 11.6 Å². The highest BCUT2D eigenvalue weighted by atomic mass is 35.5. The van der Waals surface area contributed by atoms with E-state index in [1.54, 1.807) is 20.8 Å². The van der Waals surface area contributed by atoms with Gasteiger partial charge in [0.25, 0.3) is 5.92 Å². The van der Waals surface area contributed by atoms with Crippen LogP contribution in [0, 0.1) is 5.82 Å². The van der Waals surface area contributed by atoms with E-state index in [0.717, 1.165) is 4.90 Å². The van der Waals surface area contributed by atoms with Gasteiger partial charge in [-0.25, -0.2) is 18.0 Å². The van der Waals surface area contributed by atoms with Crippen molar-refractivity contribution < 1.29 is 22.7 Å². The second kappa shape index (κ2) is 6.44. The third-order valence-electron chi connectivity index (χ3n) is 3.77. The maximum absolute atomic E-state index is 14.1. The molecule has 24 heavy (non-hydrogen) atoms. The number of rotatable bonds is 2. The van der Waals surface area contributed by atoms with Gasteiger partial charge in [-0.2, -0.15) is 0 Å². The van der Waals surface area contributed by atoms with Crippen molar-refractivity contribution >= 4 is 17.7 Å². The summed E-state index contributed by atoms with van der Waals surface area (Å²) in [6, 6.07) is 1.58. The van der Waals surface area contributed by atoms with E-state index in [0.29, 0.717) is 0 Å². The Balaban J connectivity index is 2.29. The number of ether oxygens (including phenoxy) is 1. The molecule has 1 aromatic rings. The Morgan fingerprint density at radius 2 is 2.08 bits per heavy atom. The first-order valence-electron chi connectivity index (χ1n) is 7.48. The maximum Gasteiger partial charge on any atom is 0.410 e. The molecule has 4 nitrogen and oxygen atoms in total. The van der Waals surface area contributed by atoms with Gasteiger partial charge in [-0.15, -0.1) is 0 Å². The lowest BCUT2D eigenvalue weighted by atomic mass is 9.99. The van der Waals surface area contributed by atoms with Crippen molar-refractivity contribution in [2.45, 2.75) is 50.8 Å². The highest BCUT2D eigenvalue weighted by Gasteiger charge is 2.55. The number of nitrogens with two attached hydrogens (primary N) is 1. The highest BCUT2D eigenvalue weighted by Crippen LogP contribution is 2.34. The van der Waals surface area contributed by atoms with Gasteiger partial charge in [0.2, 0.25) is 0 Å². The molecule has 2 N–H and O–H groups in total. The van der Waals surface area contributed by atoms with Crippen molar-refractivity contribution in [3.8, 4) is 0 Å². The smallest absolute Gasteiger partial charge is 0.410 e. The van der Waals surface area contributed by atoms with E-state index in [4.69, 9.17) is 22.1 Å². The number of hydrogen-bond acceptors (Lipinski definition) is 3. The fraction of sp³-hybridized carbons (Fsp3) is 0.562. The van der Waals surface area contributed by atoms with E-state index < -0.39 is 42.1 Å². The van der Waals surface area contributed by atoms with E-state index in [1.807, 2.05) is 0 Å². The molecular weight excluding hydrogens is 345 g/mol. The average Bonchev–Trinajstić information content (AvgIpc) is 2.66. The van der Waals surface area contributed by atoms with Gasteiger partial charge in [-0.05, 0) is 38.8 Å². The molecule has 2 atom stereocenters. The van der Waals surface area contributed by atoms with Crippen LogP contribution in [0.3, 0.4) is 0 Å². The van der Waals surface area contributed by atoms with Crippen molar-refractivity contribution in [1.82, 2.24) is 4.90 Å². The topological polar surface area (TPSA) is 55.6 Å². The number of amides is 1. The summed E-state index contributed by atoms with van der Waals surface area (Å²) in [6.45, 7) is 4.02. The summed E-state index contributed by atoms with van der Waals surface area (Å²) < 4.78 is 47.3. The molecule has 8 heteroatoms. The minimum absolute atomic E-state index is 0.116. The molecule has 1 aliphatic heterocycles. The summed E-state index contributed by atoms with van der Waals surface area (Å²) in [5, 5.41) is -0.116. The van der Waals surface area contributed by atoms with Crippen LogP contribution in [0.2, 0.25) is 5.02 Å². The Labute approximate surface area is 143 Å². The molecule has 2 rings (SSSR count). The van der Waals surface area contributed by atoms with E-state index in [2.05, 4.69) is 0 Å². The molecule has 0 spiro atoms. The quantitative estimate of drug-likeness (QED) is 0.872. The molecule has 0 aliphatic carbocycles. The second-order valence-electron chi connectivity index (χ2n) is 6.88. The van der Waals surface area contributed by atoms with Gasteiger partial charge in [0.1, 0.15) is 11.4 Å². The first-order chi connectivity index (χ1) is 10.9. The zero-order valence-electron chi connectivity index (χ0n) is 13.7. The van der Waals surface area contributed by atoms with Gasteiger partial charge in [0.05, 0.1) is 23.7 Å². The van der Waals surface area contributed by atoms with Gasteiger partial charge in [0.15, 0.2) is 0 Å². The van der Waals surface area contributed by atoms with Crippen molar-refractivity contribution in [2.75, 3.05) is 6.54 Å². The van der Waals surface area contributed by atoms with Crippen LogP contribution in [0.5, 0.6) is 0 Å². The molecule has 134 valence electrons. The standard InChI is InChI=1S/C16H20ClF3N2O2/c1-15(2,3)24-14(23)22-8-16(19,20)13(21)11(22)7-9-5-4-6-10(17)12(9)18/h4-6,11,13H,7-8,21H2,1-3H3. The number of likely N-dealkylation sites (tertiary alicyclic amines) is 1. The van der Waals surface area contributed by atoms with Gasteiger partial charge in [0, 0.05) is 0 Å². The van der Waals surface area contributed by atoms with E-state index in [1.165, 1.54) is 18.2 Å². The highest BCUT2D eigenvalue weighted by molar-refractivity contribution is 6.30. The lowest BCUT2D eigenvalue weighted by molar-refractivity contribution is -0.00942. The molecule has 1 amide bonds. The summed E-state index contributed by atoms with van der Waals surface area (Å²) in [4.78, 5) is 13.1. The van der Waals surface area contributed by atoms with Gasteiger partial charge < -0.3 is 10.5 Å². The zero-order valence-corrected chi connectivity index (χ0v) is 14.4. The summed E-state index contributed by atoms with van der Waals surface area (Å²) in [5.74, 6) is -3.98. The fourth-order valence-electron chi connectivity index (χ4n) is 2.61. The number of hydrogen-bond donors (Lipinski definition) is 1. The van der Waals surface area contributed by atoms with Crippen molar-refractivity contribution in [1.29, 1.82) is 0 Å². The molecule has 0 aromatic heterocycles. The Morgan fingerprint density at radius 1 is 1.46 bits per heavy atom. The summed E-state index contributed by atoms with van der Waals surface area (Å²) in [5.41, 5.74) is 4.91. The molecule has 2 unspecified atom stereocenters. The van der Waals surface area contributed by atoms with Crippen molar-refractivity contribution in [3.05, 3.63) is 34.6 Å². The molecule has 1 fully saturated rings. The lowest BCUT2D eigenvalue weighted by Gasteiger charge is -2.29. The normalized spacial score (nSPS) is 23.4. The fourth-order valence-corrected chi connectivity index (χ4v) is 2.81. The number of benzene rings is 1. The maximum atomic E-state index is 14.1. The van der Waals surface area contributed by atoms with Gasteiger partial charge >= 0.3 is 6.09 Å². The minimum atomic E-state index is -3.28. The average molecular weight is 365 g/mol. The van der Waals surface area contributed by atoms with Crippen LogP contribution in [-0.2, 0) is 11.2 Å². The van der Waals surface area contributed by atoms with Crippen molar-refractivity contribution in [3.63, 3.8) is 0 Å². The molecule has 0 saturated carbocycles. The number of halogens is 4. The van der Waals surface area contributed by atoms with Gasteiger partial charge in [-0.3, -0.25) is 4.90 Å². The van der Waals surface area contributed by atoms with Crippen LogP contribution in [-0.4, -0.2) is 41.1 Å². The summed E-state index contributed by atoms with van der Waals surface area (Å²) >= 11 is 5.72. The summed E-state index contributed by atoms with van der Waals surface area (Å²) in [7, 11) is 0. The molecular formula is C16H20ClF3N2O2. The third kappa shape index (κ3) is 3.95. The number of alkyl halides is 2. The van der Waals surface area contributed by atoms with Gasteiger partial charge in [-0.1, -0.05) is 23.7 Å². The summed E-state index contributed by atoms with van der Waals surface area (Å²) in [6.07, 6.45) is -1.08. The van der Waals surface area contributed by atoms with Crippen LogP contribution in [0.15, 0.2) is 18.2 Å². The number of nitrogens with zero attached hydrogens (tertiary/aromatic N) is 1. The third-order valence-corrected chi connectivity index (χ3v) is 4.06. The monoisotopic (exact) mass is 364 g/mol. The minimum Gasteiger partial charge on any atom is -0.444 e. The number of carbonyl (C=O) groups is 1. The Hall–Kier alpha value is -1.47. The molecule has 1 saturated heterocycles. The molecule has 0 radical (unpaired) electrons. The van der Waals surface area contributed by atoms with Crippen LogP contribution < -0.4 is 5.73 Å². The molecule has 1 aromatic carbocycles. The Kier molecular flexibility index (Phi) is 5.06. The van der Waals surface area contributed by atoms with Crippen molar-refractivity contribution in [2.24, 2.45) is 5.73 Å². The van der Waals surface area contributed by atoms with E-state index in [9.17, 15) is 18.0 Å². The van der Waals surface area contributed by atoms with Crippen LogP contribution in [0.1, 0.15) is 26.3 Å². The predicted octanol–water partition coefficient (Wildman–Crippen LogP) is 3.60. The Bertz CT molecular complexity index is 634. The molecule has 1 aliphatic rings. The SMILES string of the molecule is CC(C)(C)OC(=O)N1CC(F)(F)C(N)C1Cc1cccc(Cl)c1F. The number of carbonyl (C=O) groups excluding carboxylic acids is 1. The Morgan fingerprint density at radius 3 is 2.67 bits per heavy atom. The molecule has 1 heterocycles. The predicted molar refractivity (Wildman–Crippen MR) is 84.8 cm³/mol. The molecule has 0 bridgehead atoms. The van der Waals surface area contributed by atoms with Crippen LogP contribution in [0.25, 0.3) is 0 Å². The first kappa shape index (κ1) is 18.9. The van der Waals surface area contributed by atoms with E-state index >= 15 is 0 Å². The van der Waals surface area contributed by atoms with E-state index in [-0.39, 0.29) is 17.0 Å². The van der Waals surface area contributed by atoms with Crippen LogP contribution in [0.4, 0.5) is 18.0 Å².